The van der Waals surface area contributed by atoms with Crippen molar-refractivity contribution in [1.82, 2.24) is 9.80 Å². The van der Waals surface area contributed by atoms with Gasteiger partial charge in [-0.15, -0.1) is 0 Å². The second-order valence-corrected chi connectivity index (χ2v) is 8.25. The summed E-state index contributed by atoms with van der Waals surface area (Å²) < 4.78 is 10.9. The third-order valence-corrected chi connectivity index (χ3v) is 5.87. The van der Waals surface area contributed by atoms with Crippen LogP contribution in [0, 0.1) is 0 Å². The van der Waals surface area contributed by atoms with Crippen LogP contribution >= 0.6 is 0 Å². The Labute approximate surface area is 184 Å². The first-order chi connectivity index (χ1) is 14.9. The second kappa shape index (κ2) is 10.3. The lowest BCUT2D eigenvalue weighted by Crippen LogP contribution is -2.49. The first-order valence-electron chi connectivity index (χ1n) is 10.8. The lowest BCUT2D eigenvalue weighted by Gasteiger charge is -2.38. The molecule has 31 heavy (non-hydrogen) atoms. The minimum atomic E-state index is -0.0746. The van der Waals surface area contributed by atoms with Crippen LogP contribution in [0.3, 0.4) is 0 Å². The van der Waals surface area contributed by atoms with Gasteiger partial charge in [0.25, 0.3) is 11.8 Å². The fourth-order valence-corrected chi connectivity index (χ4v) is 4.12. The van der Waals surface area contributed by atoms with Gasteiger partial charge >= 0.3 is 0 Å². The van der Waals surface area contributed by atoms with Crippen LogP contribution in [-0.2, 0) is 11.3 Å². The van der Waals surface area contributed by atoms with E-state index in [1.807, 2.05) is 29.2 Å². The lowest BCUT2D eigenvalue weighted by molar-refractivity contribution is -0.139. The Bertz CT molecular complexity index is 869. The van der Waals surface area contributed by atoms with Gasteiger partial charge in [-0.25, -0.2) is 0 Å². The van der Waals surface area contributed by atoms with Crippen molar-refractivity contribution < 1.29 is 19.1 Å². The van der Waals surface area contributed by atoms with Gasteiger partial charge in [0, 0.05) is 31.2 Å². The van der Waals surface area contributed by atoms with Gasteiger partial charge in [-0.1, -0.05) is 12.1 Å². The summed E-state index contributed by atoms with van der Waals surface area (Å²) in [7, 11) is 3.40. The maximum Gasteiger partial charge on any atom is 0.260 e. The van der Waals surface area contributed by atoms with E-state index in [1.165, 1.54) is 0 Å². The van der Waals surface area contributed by atoms with Crippen molar-refractivity contribution in [2.75, 3.05) is 20.8 Å². The van der Waals surface area contributed by atoms with Crippen LogP contribution in [0.1, 0.15) is 49.0 Å². The normalized spacial score (nSPS) is 18.4. The van der Waals surface area contributed by atoms with E-state index < -0.39 is 0 Å². The number of hydrogen-bond acceptors (Lipinski definition) is 4. The van der Waals surface area contributed by atoms with Crippen molar-refractivity contribution in [2.45, 2.75) is 51.7 Å². The maximum atomic E-state index is 12.7. The lowest BCUT2D eigenvalue weighted by atomic mass is 9.97. The van der Waals surface area contributed by atoms with Crippen molar-refractivity contribution in [3.63, 3.8) is 0 Å². The number of rotatable bonds is 7. The molecule has 1 heterocycles. The molecule has 0 bridgehead atoms. The van der Waals surface area contributed by atoms with Gasteiger partial charge in [0.2, 0.25) is 0 Å². The van der Waals surface area contributed by atoms with Crippen molar-refractivity contribution in [3.8, 4) is 11.5 Å². The molecule has 6 nitrogen and oxygen atoms in total. The number of carbonyl (C=O) groups is 2. The van der Waals surface area contributed by atoms with E-state index in [0.29, 0.717) is 17.9 Å². The number of ether oxygens (including phenoxy) is 2. The quantitative estimate of drug-likeness (QED) is 0.670. The predicted molar refractivity (Wildman–Crippen MR) is 120 cm³/mol. The van der Waals surface area contributed by atoms with Gasteiger partial charge in [0.15, 0.2) is 6.61 Å². The highest BCUT2D eigenvalue weighted by Crippen LogP contribution is 2.23. The van der Waals surface area contributed by atoms with Crippen LogP contribution in [0.5, 0.6) is 11.5 Å². The zero-order valence-electron chi connectivity index (χ0n) is 18.8. The first kappa shape index (κ1) is 22.7. The van der Waals surface area contributed by atoms with E-state index in [1.54, 1.807) is 43.3 Å². The fraction of sp³-hybridized carbons (Fsp3) is 0.440. The summed E-state index contributed by atoms with van der Waals surface area (Å²) in [5.41, 5.74) is 1.60. The standard InChI is InChI=1S/C25H32N2O4/c1-18-6-5-7-19(2)27(18)24(28)17-31-23-14-10-21(11-15-23)25(29)26(3)16-20-8-12-22(30-4)13-9-20/h8-15,18-19H,5-7,16-17H2,1-4H3. The van der Waals surface area contributed by atoms with Crippen LogP contribution < -0.4 is 9.47 Å². The van der Waals surface area contributed by atoms with Crippen molar-refractivity contribution in [1.29, 1.82) is 0 Å². The minimum absolute atomic E-state index is 0.0130. The Balaban J connectivity index is 1.53. The average Bonchev–Trinajstić information content (AvgIpc) is 2.78. The third-order valence-electron chi connectivity index (χ3n) is 5.87. The van der Waals surface area contributed by atoms with Crippen LogP contribution in [0.4, 0.5) is 0 Å². The largest absolute Gasteiger partial charge is 0.497 e. The SMILES string of the molecule is COc1ccc(CN(C)C(=O)c2ccc(OCC(=O)N3C(C)CCCC3C)cc2)cc1. The van der Waals surface area contributed by atoms with Gasteiger partial charge < -0.3 is 19.3 Å². The molecular formula is C25H32N2O4. The van der Waals surface area contributed by atoms with Gasteiger partial charge in [-0.3, -0.25) is 9.59 Å². The van der Waals surface area contributed by atoms with Crippen molar-refractivity contribution in [2.24, 2.45) is 0 Å². The van der Waals surface area contributed by atoms with Crippen LogP contribution in [-0.4, -0.2) is 54.5 Å². The summed E-state index contributed by atoms with van der Waals surface area (Å²) in [5, 5.41) is 0. The van der Waals surface area contributed by atoms with Crippen LogP contribution in [0.15, 0.2) is 48.5 Å². The molecule has 0 aliphatic carbocycles. The maximum absolute atomic E-state index is 12.7. The van der Waals surface area contributed by atoms with E-state index in [0.717, 1.165) is 30.6 Å². The molecule has 2 aromatic rings. The zero-order valence-corrected chi connectivity index (χ0v) is 18.8. The average molecular weight is 425 g/mol. The number of likely N-dealkylation sites (tertiary alicyclic amines) is 1. The van der Waals surface area contributed by atoms with Gasteiger partial charge in [-0.05, 0) is 75.1 Å². The van der Waals surface area contributed by atoms with E-state index in [-0.39, 0.29) is 30.5 Å². The Morgan fingerprint density at radius 1 is 0.968 bits per heavy atom. The molecule has 1 saturated heterocycles. The number of piperidine rings is 1. The number of carbonyl (C=O) groups excluding carboxylic acids is 2. The van der Waals surface area contributed by atoms with Crippen molar-refractivity contribution in [3.05, 3.63) is 59.7 Å². The molecule has 6 heteroatoms. The summed E-state index contributed by atoms with van der Waals surface area (Å²) in [6, 6.07) is 15.1. The van der Waals surface area contributed by atoms with Gasteiger partial charge in [0.05, 0.1) is 7.11 Å². The smallest absolute Gasteiger partial charge is 0.260 e. The number of methoxy groups -OCH3 is 1. The Morgan fingerprint density at radius 3 is 2.13 bits per heavy atom. The molecule has 2 aromatic carbocycles. The molecule has 1 fully saturated rings. The topological polar surface area (TPSA) is 59.1 Å². The number of benzene rings is 2. The molecule has 166 valence electrons. The molecule has 0 aromatic heterocycles. The number of hydrogen-bond donors (Lipinski definition) is 0. The molecule has 2 unspecified atom stereocenters. The summed E-state index contributed by atoms with van der Waals surface area (Å²) in [6.07, 6.45) is 3.24. The number of nitrogens with zero attached hydrogens (tertiary/aromatic N) is 2. The highest BCUT2D eigenvalue weighted by molar-refractivity contribution is 5.94. The monoisotopic (exact) mass is 424 g/mol. The molecule has 1 aliphatic heterocycles. The Kier molecular flexibility index (Phi) is 7.55. The van der Waals surface area contributed by atoms with E-state index in [4.69, 9.17) is 9.47 Å². The second-order valence-electron chi connectivity index (χ2n) is 8.25. The summed E-state index contributed by atoms with van der Waals surface area (Å²) in [5.74, 6) is 1.31. The molecule has 0 spiro atoms. The van der Waals surface area contributed by atoms with Crippen LogP contribution in [0.25, 0.3) is 0 Å². The minimum Gasteiger partial charge on any atom is -0.497 e. The highest BCUT2D eigenvalue weighted by atomic mass is 16.5. The predicted octanol–water partition coefficient (Wildman–Crippen LogP) is 4.14. The highest BCUT2D eigenvalue weighted by Gasteiger charge is 2.29. The summed E-state index contributed by atoms with van der Waals surface area (Å²) >= 11 is 0. The van der Waals surface area contributed by atoms with Gasteiger partial charge in [-0.2, -0.15) is 0 Å². The molecule has 0 N–H and O–H groups in total. The molecule has 2 amide bonds. The molecule has 1 aliphatic rings. The Hall–Kier alpha value is -3.02. The number of amides is 2. The zero-order chi connectivity index (χ0) is 22.4. The van der Waals surface area contributed by atoms with Crippen LogP contribution in [0.2, 0.25) is 0 Å². The molecule has 0 radical (unpaired) electrons. The first-order valence-corrected chi connectivity index (χ1v) is 10.8. The van der Waals surface area contributed by atoms with E-state index >= 15 is 0 Å². The Morgan fingerprint density at radius 2 is 1.55 bits per heavy atom. The molecule has 0 saturated carbocycles. The summed E-state index contributed by atoms with van der Waals surface area (Å²) in [6.45, 7) is 4.70. The fourth-order valence-electron chi connectivity index (χ4n) is 4.12. The molecule has 3 rings (SSSR count). The van der Waals surface area contributed by atoms with Gasteiger partial charge in [0.1, 0.15) is 11.5 Å². The third kappa shape index (κ3) is 5.78. The summed E-state index contributed by atoms with van der Waals surface area (Å²) in [4.78, 5) is 28.9. The van der Waals surface area contributed by atoms with Crippen molar-refractivity contribution >= 4 is 11.8 Å². The van der Waals surface area contributed by atoms with E-state index in [9.17, 15) is 9.59 Å². The molecular weight excluding hydrogens is 392 g/mol. The van der Waals surface area contributed by atoms with E-state index in [2.05, 4.69) is 13.8 Å². The molecule has 2 atom stereocenters.